The lowest BCUT2D eigenvalue weighted by Crippen LogP contribution is -2.37. The van der Waals surface area contributed by atoms with Gasteiger partial charge in [-0.25, -0.2) is 23.7 Å². The van der Waals surface area contributed by atoms with Crippen molar-refractivity contribution in [1.82, 2.24) is 24.9 Å². The van der Waals surface area contributed by atoms with Crippen LogP contribution in [-0.2, 0) is 0 Å². The van der Waals surface area contributed by atoms with Gasteiger partial charge in [-0.2, -0.15) is 0 Å². The van der Waals surface area contributed by atoms with Gasteiger partial charge in [0.15, 0.2) is 5.82 Å². The fraction of sp³-hybridized carbons (Fsp3) is 0.316. The minimum Gasteiger partial charge on any atom is -0.379 e. The molecule has 3 heterocycles. The molecular formula is C19H19F2N7O. The number of nitrogens with two attached hydrogens (primary N) is 1. The van der Waals surface area contributed by atoms with E-state index < -0.39 is 23.5 Å². The number of anilines is 2. The monoisotopic (exact) mass is 399 g/mol. The van der Waals surface area contributed by atoms with E-state index in [1.54, 1.807) is 0 Å². The molecule has 150 valence electrons. The summed E-state index contributed by atoms with van der Waals surface area (Å²) in [5.74, 6) is -0.995. The van der Waals surface area contributed by atoms with Crippen LogP contribution >= 0.6 is 0 Å². The molecule has 10 heteroatoms. The summed E-state index contributed by atoms with van der Waals surface area (Å²) >= 11 is 0. The number of hydrogen-bond donors (Lipinski definition) is 3. The van der Waals surface area contributed by atoms with Crippen molar-refractivity contribution >= 4 is 11.8 Å². The third-order valence-corrected chi connectivity index (χ3v) is 5.15. The van der Waals surface area contributed by atoms with Gasteiger partial charge >= 0.3 is 0 Å². The number of halogens is 2. The number of aromatic nitrogens is 5. The Morgan fingerprint density at radius 3 is 2.62 bits per heavy atom. The van der Waals surface area contributed by atoms with Crippen molar-refractivity contribution in [3.63, 3.8) is 0 Å². The van der Waals surface area contributed by atoms with E-state index in [0.717, 1.165) is 0 Å². The molecule has 3 aromatic rings. The summed E-state index contributed by atoms with van der Waals surface area (Å²) in [5.41, 5.74) is 6.14. The summed E-state index contributed by atoms with van der Waals surface area (Å²) < 4.78 is 28.3. The first-order valence-corrected chi connectivity index (χ1v) is 9.18. The van der Waals surface area contributed by atoms with Crippen molar-refractivity contribution in [3.05, 3.63) is 58.8 Å². The van der Waals surface area contributed by atoms with Crippen molar-refractivity contribution in [2.24, 2.45) is 5.92 Å². The van der Waals surface area contributed by atoms with Crippen LogP contribution in [0.5, 0.6) is 0 Å². The van der Waals surface area contributed by atoms with E-state index >= 15 is 0 Å². The second-order valence-electron chi connectivity index (χ2n) is 6.92. The van der Waals surface area contributed by atoms with Gasteiger partial charge in [-0.15, -0.1) is 0 Å². The van der Waals surface area contributed by atoms with E-state index in [-0.39, 0.29) is 24.0 Å². The van der Waals surface area contributed by atoms with E-state index in [9.17, 15) is 13.6 Å². The predicted molar refractivity (Wildman–Crippen MR) is 103 cm³/mol. The average molecular weight is 399 g/mol. The molecule has 29 heavy (non-hydrogen) atoms. The molecule has 0 amide bonds. The lowest BCUT2D eigenvalue weighted by molar-refractivity contribution is 0.0894. The molecule has 4 N–H and O–H groups in total. The van der Waals surface area contributed by atoms with Crippen molar-refractivity contribution in [3.8, 4) is 11.3 Å². The summed E-state index contributed by atoms with van der Waals surface area (Å²) in [4.78, 5) is 30.5. The molecule has 0 saturated heterocycles. The van der Waals surface area contributed by atoms with Crippen LogP contribution in [0.2, 0.25) is 0 Å². The van der Waals surface area contributed by atoms with E-state index in [1.807, 2.05) is 0 Å². The van der Waals surface area contributed by atoms with E-state index in [0.29, 0.717) is 30.0 Å². The molecule has 0 aromatic carbocycles. The Bertz CT molecular complexity index is 1060. The lowest BCUT2D eigenvalue weighted by atomic mass is 9.72. The van der Waals surface area contributed by atoms with Crippen LogP contribution in [0.15, 0.2) is 41.7 Å². The molecule has 0 spiro atoms. The summed E-state index contributed by atoms with van der Waals surface area (Å²) in [6, 6.07) is 2.84. The molecule has 0 radical (unpaired) electrons. The second-order valence-corrected chi connectivity index (χ2v) is 6.92. The number of aromatic amines is 1. The molecule has 1 fully saturated rings. The lowest BCUT2D eigenvalue weighted by Gasteiger charge is -2.37. The Morgan fingerprint density at radius 1 is 1.21 bits per heavy atom. The van der Waals surface area contributed by atoms with Gasteiger partial charge in [0.2, 0.25) is 5.95 Å². The second kappa shape index (κ2) is 7.90. The van der Waals surface area contributed by atoms with Crippen LogP contribution in [0.25, 0.3) is 11.3 Å². The zero-order chi connectivity index (χ0) is 20.4. The number of rotatable bonds is 6. The smallest absolute Gasteiger partial charge is 0.290 e. The number of nitrogen functional groups attached to an aromatic ring is 1. The van der Waals surface area contributed by atoms with Crippen LogP contribution < -0.4 is 16.6 Å². The highest BCUT2D eigenvalue weighted by atomic mass is 19.1. The molecule has 8 nitrogen and oxygen atoms in total. The Kier molecular flexibility index (Phi) is 5.15. The molecule has 3 aromatic heterocycles. The highest BCUT2D eigenvalue weighted by molar-refractivity contribution is 5.56. The van der Waals surface area contributed by atoms with Gasteiger partial charge in [-0.05, 0) is 25.0 Å². The highest BCUT2D eigenvalue weighted by Gasteiger charge is 2.39. The zero-order valence-electron chi connectivity index (χ0n) is 15.3. The number of nitrogens with zero attached hydrogens (tertiary/aromatic N) is 4. The van der Waals surface area contributed by atoms with Gasteiger partial charge in [0, 0.05) is 42.5 Å². The summed E-state index contributed by atoms with van der Waals surface area (Å²) in [7, 11) is 0. The first kappa shape index (κ1) is 18.9. The van der Waals surface area contributed by atoms with Crippen LogP contribution in [0.4, 0.5) is 20.5 Å². The van der Waals surface area contributed by atoms with Gasteiger partial charge < -0.3 is 16.0 Å². The average Bonchev–Trinajstić information content (AvgIpc) is 2.73. The third-order valence-electron chi connectivity index (χ3n) is 5.15. The van der Waals surface area contributed by atoms with Crippen molar-refractivity contribution in [2.75, 3.05) is 17.6 Å². The van der Waals surface area contributed by atoms with Crippen molar-refractivity contribution in [1.29, 1.82) is 0 Å². The zero-order valence-corrected chi connectivity index (χ0v) is 15.3. The summed E-state index contributed by atoms with van der Waals surface area (Å²) in [5, 5.41) is 3.04. The summed E-state index contributed by atoms with van der Waals surface area (Å²) in [6.07, 6.45) is 6.13. The number of pyridine rings is 1. The number of nitrogens with one attached hydrogen (secondary N) is 2. The van der Waals surface area contributed by atoms with Crippen LogP contribution in [0.3, 0.4) is 0 Å². The minimum atomic E-state index is -0.971. The first-order valence-electron chi connectivity index (χ1n) is 9.18. The van der Waals surface area contributed by atoms with Gasteiger partial charge in [0.05, 0.1) is 17.6 Å². The highest BCUT2D eigenvalue weighted by Crippen LogP contribution is 2.41. The molecule has 3 atom stereocenters. The number of H-pyrrole nitrogens is 1. The Labute approximate surface area is 164 Å². The fourth-order valence-corrected chi connectivity index (χ4v) is 3.38. The van der Waals surface area contributed by atoms with Crippen molar-refractivity contribution < 1.29 is 8.78 Å². The molecule has 0 bridgehead atoms. The quantitative estimate of drug-likeness (QED) is 0.581. The SMILES string of the molecule is Nc1ncc(-c2cnc(NC[C@H](c3ncccc3F)C3CC[C@@H]3F)nc2)[nH]c1=O. The van der Waals surface area contributed by atoms with Crippen molar-refractivity contribution in [2.45, 2.75) is 24.9 Å². The fourth-order valence-electron chi connectivity index (χ4n) is 3.38. The van der Waals surface area contributed by atoms with Crippen LogP contribution in [-0.4, -0.2) is 37.6 Å². The molecule has 0 aliphatic heterocycles. The molecule has 1 saturated carbocycles. The molecular weight excluding hydrogens is 380 g/mol. The number of hydrogen-bond acceptors (Lipinski definition) is 7. The molecule has 1 aliphatic carbocycles. The topological polar surface area (TPSA) is 122 Å². The Hall–Kier alpha value is -3.43. The van der Waals surface area contributed by atoms with Gasteiger partial charge in [0.25, 0.3) is 5.56 Å². The van der Waals surface area contributed by atoms with E-state index in [1.165, 1.54) is 36.9 Å². The maximum atomic E-state index is 14.2. The van der Waals surface area contributed by atoms with E-state index in [2.05, 4.69) is 30.2 Å². The Balaban J connectivity index is 1.49. The van der Waals surface area contributed by atoms with E-state index in [4.69, 9.17) is 5.73 Å². The maximum Gasteiger partial charge on any atom is 0.290 e. The van der Waals surface area contributed by atoms with Gasteiger partial charge in [-0.3, -0.25) is 9.78 Å². The number of alkyl halides is 1. The maximum absolute atomic E-state index is 14.2. The van der Waals surface area contributed by atoms with Crippen LogP contribution in [0.1, 0.15) is 24.5 Å². The Morgan fingerprint density at radius 2 is 2.00 bits per heavy atom. The molecule has 1 aliphatic rings. The van der Waals surface area contributed by atoms with Gasteiger partial charge in [-0.1, -0.05) is 0 Å². The van der Waals surface area contributed by atoms with Crippen LogP contribution in [0, 0.1) is 11.7 Å². The molecule has 1 unspecified atom stereocenters. The minimum absolute atomic E-state index is 0.122. The standard InChI is InChI=1S/C19H19F2N7O/c20-13-4-3-11(13)12(16-14(21)2-1-5-23-16)8-27-19-25-6-10(7-26-19)15-9-24-17(22)18(29)28-15/h1-2,5-7,9,11-13H,3-4,8H2,(H2,22,24)(H,28,29)(H,25,26,27)/t11?,12-,13-/m0/s1. The first-order chi connectivity index (χ1) is 14.0. The van der Waals surface area contributed by atoms with Gasteiger partial charge in [0.1, 0.15) is 12.0 Å². The summed E-state index contributed by atoms with van der Waals surface area (Å²) in [6.45, 7) is 0.249. The largest absolute Gasteiger partial charge is 0.379 e. The molecule has 4 rings (SSSR count). The normalized spacial score (nSPS) is 19.4. The third kappa shape index (κ3) is 3.91. The predicted octanol–water partition coefficient (Wildman–Crippen LogP) is 2.29.